The van der Waals surface area contributed by atoms with Gasteiger partial charge in [0.1, 0.15) is 12.6 Å². The topological polar surface area (TPSA) is 86.8 Å². The molecular formula is C37H39Cl2N3O4S. The predicted octanol–water partition coefficient (Wildman–Crippen LogP) is 7.59. The van der Waals surface area contributed by atoms with E-state index in [0.717, 1.165) is 53.1 Å². The third kappa shape index (κ3) is 8.95. The second-order valence-corrected chi connectivity index (χ2v) is 14.7. The minimum absolute atomic E-state index is 0.0208. The van der Waals surface area contributed by atoms with Gasteiger partial charge < -0.3 is 10.2 Å². The van der Waals surface area contributed by atoms with E-state index in [9.17, 15) is 18.0 Å². The van der Waals surface area contributed by atoms with Gasteiger partial charge in [-0.1, -0.05) is 121 Å². The van der Waals surface area contributed by atoms with Crippen LogP contribution in [-0.4, -0.2) is 43.8 Å². The molecule has 1 aliphatic rings. The quantitative estimate of drug-likeness (QED) is 0.166. The highest BCUT2D eigenvalue weighted by molar-refractivity contribution is 7.92. The van der Waals surface area contributed by atoms with Gasteiger partial charge in [0.2, 0.25) is 11.8 Å². The molecule has 0 spiro atoms. The van der Waals surface area contributed by atoms with E-state index in [1.807, 2.05) is 67.6 Å². The van der Waals surface area contributed by atoms with Crippen LogP contribution in [0.25, 0.3) is 0 Å². The molecule has 0 saturated heterocycles. The van der Waals surface area contributed by atoms with Crippen molar-refractivity contribution in [1.29, 1.82) is 0 Å². The van der Waals surface area contributed by atoms with Crippen LogP contribution in [0.2, 0.25) is 10.0 Å². The van der Waals surface area contributed by atoms with Gasteiger partial charge in [-0.3, -0.25) is 13.9 Å². The number of anilines is 1. The summed E-state index contributed by atoms with van der Waals surface area (Å²) < 4.78 is 29.5. The van der Waals surface area contributed by atoms with Crippen LogP contribution in [0.1, 0.15) is 48.8 Å². The van der Waals surface area contributed by atoms with Gasteiger partial charge in [0.15, 0.2) is 0 Å². The number of hydrogen-bond donors (Lipinski definition) is 1. The van der Waals surface area contributed by atoms with Crippen LogP contribution in [0.15, 0.2) is 108 Å². The van der Waals surface area contributed by atoms with E-state index >= 15 is 0 Å². The Morgan fingerprint density at radius 2 is 1.43 bits per heavy atom. The Hall–Kier alpha value is -3.85. The lowest BCUT2D eigenvalue weighted by Gasteiger charge is -2.35. The zero-order chi connectivity index (χ0) is 33.4. The Morgan fingerprint density at radius 1 is 0.809 bits per heavy atom. The molecule has 2 amide bonds. The van der Waals surface area contributed by atoms with Gasteiger partial charge in [0.05, 0.1) is 20.6 Å². The van der Waals surface area contributed by atoms with Crippen molar-refractivity contribution >= 4 is 50.7 Å². The summed E-state index contributed by atoms with van der Waals surface area (Å²) in [5, 5.41) is 3.62. The molecule has 0 radical (unpaired) electrons. The molecule has 1 fully saturated rings. The van der Waals surface area contributed by atoms with Gasteiger partial charge in [0, 0.05) is 19.0 Å². The molecule has 10 heteroatoms. The molecule has 246 valence electrons. The predicted molar refractivity (Wildman–Crippen MR) is 188 cm³/mol. The highest BCUT2D eigenvalue weighted by atomic mass is 35.5. The zero-order valence-electron chi connectivity index (χ0n) is 26.3. The van der Waals surface area contributed by atoms with Crippen molar-refractivity contribution in [1.82, 2.24) is 10.2 Å². The Morgan fingerprint density at radius 3 is 2.04 bits per heavy atom. The second kappa shape index (κ2) is 15.8. The molecule has 0 heterocycles. The third-order valence-electron chi connectivity index (χ3n) is 8.50. The molecule has 4 aromatic rings. The third-order valence-corrected chi connectivity index (χ3v) is 11.0. The minimum Gasteiger partial charge on any atom is -0.352 e. The highest BCUT2D eigenvalue weighted by Gasteiger charge is 2.35. The van der Waals surface area contributed by atoms with Gasteiger partial charge in [-0.05, 0) is 61.2 Å². The van der Waals surface area contributed by atoms with Crippen molar-refractivity contribution in [2.75, 3.05) is 10.8 Å². The molecule has 5 rings (SSSR count). The summed E-state index contributed by atoms with van der Waals surface area (Å²) in [6.07, 6.45) is 5.24. The second-order valence-electron chi connectivity index (χ2n) is 12.0. The molecule has 1 aliphatic carbocycles. The zero-order valence-corrected chi connectivity index (χ0v) is 28.6. The molecule has 0 aromatic heterocycles. The van der Waals surface area contributed by atoms with Crippen LogP contribution >= 0.6 is 23.2 Å². The van der Waals surface area contributed by atoms with Crippen LogP contribution in [-0.2, 0) is 32.6 Å². The molecule has 7 nitrogen and oxygen atoms in total. The maximum absolute atomic E-state index is 14.6. The van der Waals surface area contributed by atoms with E-state index in [0.29, 0.717) is 0 Å². The largest absolute Gasteiger partial charge is 0.352 e. The van der Waals surface area contributed by atoms with Gasteiger partial charge in [-0.25, -0.2) is 8.42 Å². The molecule has 0 unspecified atom stereocenters. The van der Waals surface area contributed by atoms with E-state index in [-0.39, 0.29) is 45.5 Å². The SMILES string of the molecule is Cc1ccc(S(=O)(=O)N(CC(=O)N(Cc2ccccc2)[C@H](Cc2ccccc2)C(=O)NC2CCCCC2)c2ccc(Cl)c(Cl)c2)cc1. The van der Waals surface area contributed by atoms with Crippen LogP contribution in [0, 0.1) is 6.92 Å². The molecule has 1 saturated carbocycles. The number of amides is 2. The molecule has 47 heavy (non-hydrogen) atoms. The first kappa shape index (κ1) is 34.5. The number of nitrogens with zero attached hydrogens (tertiary/aromatic N) is 2. The Bertz CT molecular complexity index is 1760. The maximum Gasteiger partial charge on any atom is 0.264 e. The number of halogens is 2. The lowest BCUT2D eigenvalue weighted by Crippen LogP contribution is -2.55. The molecule has 0 aliphatic heterocycles. The number of aryl methyl sites for hydroxylation is 1. The number of sulfonamides is 1. The summed E-state index contributed by atoms with van der Waals surface area (Å²) in [6, 6.07) is 29.0. The number of hydrogen-bond acceptors (Lipinski definition) is 4. The fourth-order valence-corrected chi connectivity index (χ4v) is 7.58. The summed E-state index contributed by atoms with van der Waals surface area (Å²) >= 11 is 12.5. The number of rotatable bonds is 12. The number of carbonyl (C=O) groups excluding carboxylic acids is 2. The monoisotopic (exact) mass is 691 g/mol. The molecular weight excluding hydrogens is 653 g/mol. The first-order valence-corrected chi connectivity index (χ1v) is 18.0. The summed E-state index contributed by atoms with van der Waals surface area (Å²) in [4.78, 5) is 30.3. The van der Waals surface area contributed by atoms with E-state index in [1.165, 1.54) is 35.2 Å². The summed E-state index contributed by atoms with van der Waals surface area (Å²) in [5.41, 5.74) is 2.77. The Balaban J connectivity index is 1.56. The van der Waals surface area contributed by atoms with E-state index in [1.54, 1.807) is 12.1 Å². The van der Waals surface area contributed by atoms with Crippen molar-refractivity contribution in [3.63, 3.8) is 0 Å². The van der Waals surface area contributed by atoms with Crippen molar-refractivity contribution in [3.8, 4) is 0 Å². The minimum atomic E-state index is -4.25. The van der Waals surface area contributed by atoms with Crippen LogP contribution in [0.5, 0.6) is 0 Å². The number of benzene rings is 4. The van der Waals surface area contributed by atoms with Gasteiger partial charge >= 0.3 is 0 Å². The standard InChI is InChI=1S/C37H39Cl2N3O4S/c1-27-17-20-32(21-18-27)47(45,46)42(31-19-22-33(38)34(39)24-31)26-36(43)41(25-29-13-7-3-8-14-29)35(23-28-11-5-2-6-12-28)37(44)40-30-15-9-4-10-16-30/h2-3,5-8,11-14,17-22,24,30,35H,4,9-10,15-16,23,25-26H2,1H3,(H,40,44)/t35-/m1/s1. The number of nitrogens with one attached hydrogen (secondary N) is 1. The Kier molecular flexibility index (Phi) is 11.6. The first-order chi connectivity index (χ1) is 22.6. The highest BCUT2D eigenvalue weighted by Crippen LogP contribution is 2.31. The van der Waals surface area contributed by atoms with Gasteiger partial charge in [-0.15, -0.1) is 0 Å². The average Bonchev–Trinajstić information content (AvgIpc) is 3.08. The molecule has 0 bridgehead atoms. The van der Waals surface area contributed by atoms with Crippen molar-refractivity contribution in [3.05, 3.63) is 130 Å². The van der Waals surface area contributed by atoms with Crippen LogP contribution in [0.3, 0.4) is 0 Å². The fourth-order valence-electron chi connectivity index (χ4n) is 5.88. The summed E-state index contributed by atoms with van der Waals surface area (Å²) in [6.45, 7) is 1.40. The fraction of sp³-hybridized carbons (Fsp3) is 0.297. The first-order valence-electron chi connectivity index (χ1n) is 15.8. The maximum atomic E-state index is 14.6. The van der Waals surface area contributed by atoms with Crippen LogP contribution < -0.4 is 9.62 Å². The summed E-state index contributed by atoms with van der Waals surface area (Å²) in [5.74, 6) is -0.789. The smallest absolute Gasteiger partial charge is 0.264 e. The van der Waals surface area contributed by atoms with Crippen molar-refractivity contribution in [2.45, 2.75) is 69.0 Å². The lowest BCUT2D eigenvalue weighted by molar-refractivity contribution is -0.140. The van der Waals surface area contributed by atoms with Crippen molar-refractivity contribution in [2.24, 2.45) is 0 Å². The number of carbonyl (C=O) groups is 2. The summed E-state index contributed by atoms with van der Waals surface area (Å²) in [7, 11) is -4.25. The Labute approximate surface area is 287 Å². The van der Waals surface area contributed by atoms with Crippen LogP contribution in [0.4, 0.5) is 5.69 Å². The average molecular weight is 693 g/mol. The lowest BCUT2D eigenvalue weighted by atomic mass is 9.94. The molecule has 1 N–H and O–H groups in total. The normalized spacial score (nSPS) is 14.3. The van der Waals surface area contributed by atoms with E-state index < -0.39 is 28.5 Å². The van der Waals surface area contributed by atoms with Crippen molar-refractivity contribution < 1.29 is 18.0 Å². The molecule has 1 atom stereocenters. The van der Waals surface area contributed by atoms with E-state index in [4.69, 9.17) is 23.2 Å². The van der Waals surface area contributed by atoms with Gasteiger partial charge in [0.25, 0.3) is 10.0 Å². The van der Waals surface area contributed by atoms with Gasteiger partial charge in [-0.2, -0.15) is 0 Å². The van der Waals surface area contributed by atoms with E-state index in [2.05, 4.69) is 5.32 Å². The molecule has 4 aromatic carbocycles.